The van der Waals surface area contributed by atoms with E-state index >= 15 is 0 Å². The van der Waals surface area contributed by atoms with Crippen molar-refractivity contribution in [2.45, 2.75) is 6.92 Å². The van der Waals surface area contributed by atoms with E-state index in [0.717, 1.165) is 12.1 Å². The number of phenols is 2. The molecule has 8 nitrogen and oxygen atoms in total. The summed E-state index contributed by atoms with van der Waals surface area (Å²) in [5.74, 6) is -1.97. The van der Waals surface area contributed by atoms with Crippen molar-refractivity contribution in [2.24, 2.45) is 0 Å². The highest BCUT2D eigenvalue weighted by atomic mass is 16.6. The lowest BCUT2D eigenvalue weighted by Crippen LogP contribution is -2.04. The van der Waals surface area contributed by atoms with Crippen LogP contribution >= 0.6 is 0 Å². The first-order valence-electron chi connectivity index (χ1n) is 6.76. The standard InChI is InChI=1S/C16H11NO7/c1-7-4-9-13(20)14(21)15(8-2-3-11(18)12(19)6-8)24-16(9)10(5-7)17(22)23/h2-6,18-19,21H,1H3. The Morgan fingerprint density at radius 1 is 1.08 bits per heavy atom. The molecule has 0 spiro atoms. The molecule has 3 rings (SSSR count). The zero-order chi connectivity index (χ0) is 17.6. The van der Waals surface area contributed by atoms with Crippen LogP contribution < -0.4 is 5.43 Å². The molecule has 0 atom stereocenters. The summed E-state index contributed by atoms with van der Waals surface area (Å²) in [6.45, 7) is 1.58. The molecule has 3 N–H and O–H groups in total. The number of hydrogen-bond acceptors (Lipinski definition) is 7. The average Bonchev–Trinajstić information content (AvgIpc) is 2.53. The SMILES string of the molecule is Cc1cc([N+](=O)[O-])c2oc(-c3ccc(O)c(O)c3)c(O)c(=O)c2c1. The summed E-state index contributed by atoms with van der Waals surface area (Å²) in [4.78, 5) is 22.9. The van der Waals surface area contributed by atoms with Gasteiger partial charge in [0.15, 0.2) is 17.3 Å². The molecule has 122 valence electrons. The van der Waals surface area contributed by atoms with Crippen molar-refractivity contribution in [3.05, 3.63) is 56.2 Å². The molecule has 0 unspecified atom stereocenters. The Morgan fingerprint density at radius 3 is 2.42 bits per heavy atom. The molecule has 1 aromatic heterocycles. The van der Waals surface area contributed by atoms with Crippen LogP contribution in [0.4, 0.5) is 5.69 Å². The highest BCUT2D eigenvalue weighted by molar-refractivity contribution is 5.89. The van der Waals surface area contributed by atoms with E-state index in [2.05, 4.69) is 0 Å². The largest absolute Gasteiger partial charge is 0.504 e. The van der Waals surface area contributed by atoms with Crippen molar-refractivity contribution in [3.8, 4) is 28.6 Å². The number of nitro groups is 1. The molecule has 1 heterocycles. The number of fused-ring (bicyclic) bond motifs is 1. The maximum Gasteiger partial charge on any atom is 0.312 e. The molecule has 0 fully saturated rings. The first-order valence-corrected chi connectivity index (χ1v) is 6.76. The maximum atomic E-state index is 12.4. The van der Waals surface area contributed by atoms with Crippen molar-refractivity contribution in [1.29, 1.82) is 0 Å². The molecule has 24 heavy (non-hydrogen) atoms. The van der Waals surface area contributed by atoms with Gasteiger partial charge in [0.25, 0.3) is 0 Å². The lowest BCUT2D eigenvalue weighted by Gasteiger charge is -2.08. The Labute approximate surface area is 134 Å². The van der Waals surface area contributed by atoms with E-state index in [1.807, 2.05) is 0 Å². The highest BCUT2D eigenvalue weighted by Crippen LogP contribution is 2.37. The third-order valence-corrected chi connectivity index (χ3v) is 3.53. The number of phenolic OH excluding ortho intramolecular Hbond substituents is 2. The van der Waals surface area contributed by atoms with Gasteiger partial charge in [0.05, 0.1) is 10.3 Å². The van der Waals surface area contributed by atoms with E-state index in [0.29, 0.717) is 5.56 Å². The first-order chi connectivity index (χ1) is 11.3. The lowest BCUT2D eigenvalue weighted by atomic mass is 10.1. The first kappa shape index (κ1) is 15.3. The number of benzene rings is 2. The molecule has 0 saturated heterocycles. The minimum atomic E-state index is -0.828. The summed E-state index contributed by atoms with van der Waals surface area (Å²) in [6, 6.07) is 6.13. The van der Waals surface area contributed by atoms with Crippen molar-refractivity contribution in [3.63, 3.8) is 0 Å². The Balaban J connectivity index is 2.42. The summed E-state index contributed by atoms with van der Waals surface area (Å²) >= 11 is 0. The average molecular weight is 329 g/mol. The second-order valence-electron chi connectivity index (χ2n) is 5.23. The van der Waals surface area contributed by atoms with E-state index in [4.69, 9.17) is 4.42 Å². The van der Waals surface area contributed by atoms with Crippen LogP contribution in [-0.2, 0) is 0 Å². The molecular formula is C16H11NO7. The fourth-order valence-corrected chi connectivity index (χ4v) is 2.41. The van der Waals surface area contributed by atoms with E-state index in [-0.39, 0.29) is 22.3 Å². The van der Waals surface area contributed by atoms with E-state index < -0.39 is 33.3 Å². The van der Waals surface area contributed by atoms with Gasteiger partial charge in [-0.2, -0.15) is 0 Å². The van der Waals surface area contributed by atoms with Crippen LogP contribution in [0.25, 0.3) is 22.3 Å². The van der Waals surface area contributed by atoms with Crippen molar-refractivity contribution >= 4 is 16.7 Å². The Hall–Kier alpha value is -3.55. The molecule has 0 aliphatic carbocycles. The number of aryl methyl sites for hydroxylation is 1. The zero-order valence-electron chi connectivity index (χ0n) is 12.3. The van der Waals surface area contributed by atoms with E-state index in [1.165, 1.54) is 18.2 Å². The topological polar surface area (TPSA) is 134 Å². The minimum Gasteiger partial charge on any atom is -0.504 e. The third kappa shape index (κ3) is 2.30. The molecule has 3 aromatic rings. The summed E-state index contributed by atoms with van der Waals surface area (Å²) < 4.78 is 5.42. The second kappa shape index (κ2) is 5.27. The lowest BCUT2D eigenvalue weighted by molar-refractivity contribution is -0.383. The fourth-order valence-electron chi connectivity index (χ4n) is 2.41. The van der Waals surface area contributed by atoms with Gasteiger partial charge in [-0.1, -0.05) is 0 Å². The Kier molecular flexibility index (Phi) is 3.37. The monoisotopic (exact) mass is 329 g/mol. The zero-order valence-corrected chi connectivity index (χ0v) is 12.3. The summed E-state index contributed by atoms with van der Waals surface area (Å²) in [5, 5.41) is 40.1. The van der Waals surface area contributed by atoms with Gasteiger partial charge in [-0.3, -0.25) is 14.9 Å². The Morgan fingerprint density at radius 2 is 1.79 bits per heavy atom. The summed E-state index contributed by atoms with van der Waals surface area (Å²) in [5.41, 5.74) is -0.972. The third-order valence-electron chi connectivity index (χ3n) is 3.53. The molecule has 0 amide bonds. The number of aromatic hydroxyl groups is 3. The molecule has 2 aromatic carbocycles. The number of nitro benzene ring substituents is 1. The van der Waals surface area contributed by atoms with Gasteiger partial charge >= 0.3 is 5.69 Å². The second-order valence-corrected chi connectivity index (χ2v) is 5.23. The molecule has 0 aliphatic heterocycles. The number of non-ortho nitro benzene ring substituents is 1. The van der Waals surface area contributed by atoms with E-state index in [1.54, 1.807) is 6.92 Å². The predicted octanol–water partition coefficient (Wildman–Crippen LogP) is 2.79. The van der Waals surface area contributed by atoms with Gasteiger partial charge < -0.3 is 19.7 Å². The van der Waals surface area contributed by atoms with Crippen LogP contribution in [0.3, 0.4) is 0 Å². The quantitative estimate of drug-likeness (QED) is 0.374. The highest BCUT2D eigenvalue weighted by Gasteiger charge is 2.23. The van der Waals surface area contributed by atoms with Gasteiger partial charge in [0.1, 0.15) is 0 Å². The van der Waals surface area contributed by atoms with Crippen LogP contribution in [0.15, 0.2) is 39.5 Å². The van der Waals surface area contributed by atoms with Gasteiger partial charge in [-0.05, 0) is 36.8 Å². The number of hydrogen-bond donors (Lipinski definition) is 3. The maximum absolute atomic E-state index is 12.4. The van der Waals surface area contributed by atoms with Crippen LogP contribution in [-0.4, -0.2) is 20.2 Å². The van der Waals surface area contributed by atoms with Crippen LogP contribution in [0, 0.1) is 17.0 Å². The van der Waals surface area contributed by atoms with Crippen molar-refractivity contribution in [2.75, 3.05) is 0 Å². The molecule has 8 heteroatoms. The smallest absolute Gasteiger partial charge is 0.312 e. The summed E-state index contributed by atoms with van der Waals surface area (Å²) in [6.07, 6.45) is 0. The molecule has 0 aliphatic rings. The molecule has 0 radical (unpaired) electrons. The van der Waals surface area contributed by atoms with Crippen LogP contribution in [0.1, 0.15) is 5.56 Å². The number of rotatable bonds is 2. The normalized spacial score (nSPS) is 10.9. The van der Waals surface area contributed by atoms with Crippen molar-refractivity contribution < 1.29 is 24.7 Å². The molecular weight excluding hydrogens is 318 g/mol. The van der Waals surface area contributed by atoms with Crippen molar-refractivity contribution in [1.82, 2.24) is 0 Å². The van der Waals surface area contributed by atoms with Gasteiger partial charge in [-0.25, -0.2) is 0 Å². The van der Waals surface area contributed by atoms with Gasteiger partial charge in [0.2, 0.25) is 16.8 Å². The van der Waals surface area contributed by atoms with Gasteiger partial charge in [0, 0.05) is 11.6 Å². The van der Waals surface area contributed by atoms with E-state index in [9.17, 15) is 30.2 Å². The van der Waals surface area contributed by atoms with Gasteiger partial charge in [-0.15, -0.1) is 0 Å². The van der Waals surface area contributed by atoms with Crippen LogP contribution in [0.2, 0.25) is 0 Å². The molecule has 0 bridgehead atoms. The summed E-state index contributed by atoms with van der Waals surface area (Å²) in [7, 11) is 0. The number of nitrogens with zero attached hydrogens (tertiary/aromatic N) is 1. The predicted molar refractivity (Wildman–Crippen MR) is 84.3 cm³/mol. The Bertz CT molecular complexity index is 1050. The minimum absolute atomic E-state index is 0.0803. The molecule has 0 saturated carbocycles. The fraction of sp³-hybridized carbons (Fsp3) is 0.0625. The van der Waals surface area contributed by atoms with Crippen LogP contribution in [0.5, 0.6) is 17.2 Å².